The van der Waals surface area contributed by atoms with Crippen LogP contribution in [0.4, 0.5) is 0 Å². The van der Waals surface area contributed by atoms with E-state index in [2.05, 4.69) is 52.8 Å². The minimum Gasteiger partial charge on any atom is -0.192 e. The highest BCUT2D eigenvalue weighted by atomic mass is 14.3. The lowest BCUT2D eigenvalue weighted by molar-refractivity contribution is 0.588. The number of benzene rings is 1. The molecule has 0 atom stereocenters. The normalized spacial score (nSPS) is 11.5. The molecule has 1 radical (unpaired) electrons. The van der Waals surface area contributed by atoms with Gasteiger partial charge in [0.25, 0.3) is 0 Å². The van der Waals surface area contributed by atoms with Crippen LogP contribution in [0.5, 0.6) is 0 Å². The summed E-state index contributed by atoms with van der Waals surface area (Å²) < 4.78 is 0. The molecule has 0 aliphatic heterocycles. The van der Waals surface area contributed by atoms with Gasteiger partial charge in [0, 0.05) is 0 Å². The zero-order valence-corrected chi connectivity index (χ0v) is 10.2. The van der Waals surface area contributed by atoms with Gasteiger partial charge in [-0.3, -0.25) is 0 Å². The maximum Gasteiger partial charge on any atom is 0.0994 e. The second-order valence-electron chi connectivity index (χ2n) is 5.12. The van der Waals surface area contributed by atoms with Gasteiger partial charge in [-0.15, -0.1) is 0 Å². The molecule has 1 heteroatoms. The third-order valence-corrected chi connectivity index (χ3v) is 2.53. The maximum absolute atomic E-state index is 9.13. The first-order valence-electron chi connectivity index (χ1n) is 5.21. The first-order chi connectivity index (χ1) is 6.86. The van der Waals surface area contributed by atoms with Crippen molar-refractivity contribution >= 4 is 0 Å². The number of nitrogens with zero attached hydrogens (tertiary/aromatic N) is 1. The number of nitriles is 1. The van der Waals surface area contributed by atoms with Crippen LogP contribution >= 0.6 is 0 Å². The van der Waals surface area contributed by atoms with E-state index in [-0.39, 0.29) is 5.41 Å². The molecule has 0 aliphatic carbocycles. The van der Waals surface area contributed by atoms with Crippen LogP contribution in [0.15, 0.2) is 18.2 Å². The lowest BCUT2D eigenvalue weighted by Gasteiger charge is -2.21. The van der Waals surface area contributed by atoms with Gasteiger partial charge in [-0.05, 0) is 28.5 Å². The highest BCUT2D eigenvalue weighted by Gasteiger charge is 2.18. The van der Waals surface area contributed by atoms with E-state index in [0.717, 1.165) is 16.7 Å². The summed E-state index contributed by atoms with van der Waals surface area (Å²) in [6.07, 6.45) is 0. The Morgan fingerprint density at radius 1 is 1.20 bits per heavy atom. The molecule has 0 unspecified atom stereocenters. The summed E-state index contributed by atoms with van der Waals surface area (Å²) in [4.78, 5) is 0. The van der Waals surface area contributed by atoms with Gasteiger partial charge < -0.3 is 0 Å². The minimum atomic E-state index is 0.0330. The topological polar surface area (TPSA) is 23.8 Å². The molecule has 0 aromatic heterocycles. The summed E-state index contributed by atoms with van der Waals surface area (Å²) in [6.45, 7) is 10.5. The SMILES string of the molecule is C[C](C)c1ccc(C(C)(C)C)c(C#N)c1. The molecule has 79 valence electrons. The van der Waals surface area contributed by atoms with Crippen LogP contribution in [0.2, 0.25) is 0 Å². The van der Waals surface area contributed by atoms with Crippen molar-refractivity contribution in [2.75, 3.05) is 0 Å². The predicted molar refractivity (Wildman–Crippen MR) is 63.6 cm³/mol. The van der Waals surface area contributed by atoms with Crippen molar-refractivity contribution in [3.63, 3.8) is 0 Å². The van der Waals surface area contributed by atoms with Crippen molar-refractivity contribution in [2.24, 2.45) is 0 Å². The molecule has 0 bridgehead atoms. The Balaban J connectivity index is 3.29. The Bertz CT molecular complexity index is 389. The van der Waals surface area contributed by atoms with Crippen molar-refractivity contribution in [1.29, 1.82) is 5.26 Å². The van der Waals surface area contributed by atoms with Crippen LogP contribution < -0.4 is 0 Å². The molecule has 1 aromatic carbocycles. The zero-order valence-electron chi connectivity index (χ0n) is 10.2. The lowest BCUT2D eigenvalue weighted by atomic mass is 9.82. The molecular weight excluding hydrogens is 182 g/mol. The average molecular weight is 200 g/mol. The van der Waals surface area contributed by atoms with E-state index < -0.39 is 0 Å². The summed E-state index contributed by atoms with van der Waals surface area (Å²) >= 11 is 0. The monoisotopic (exact) mass is 200 g/mol. The molecular formula is C14H18N. The third-order valence-electron chi connectivity index (χ3n) is 2.53. The van der Waals surface area contributed by atoms with Crippen molar-refractivity contribution in [1.82, 2.24) is 0 Å². The molecule has 0 spiro atoms. The molecule has 0 aliphatic rings. The maximum atomic E-state index is 9.13. The Morgan fingerprint density at radius 2 is 1.80 bits per heavy atom. The van der Waals surface area contributed by atoms with Crippen LogP contribution in [0, 0.1) is 17.2 Å². The first-order valence-corrected chi connectivity index (χ1v) is 5.21. The van der Waals surface area contributed by atoms with Gasteiger partial charge in [0.1, 0.15) is 0 Å². The Labute approximate surface area is 92.7 Å². The average Bonchev–Trinajstić information content (AvgIpc) is 2.15. The smallest absolute Gasteiger partial charge is 0.0994 e. The van der Waals surface area contributed by atoms with Crippen LogP contribution in [0.3, 0.4) is 0 Å². The fraction of sp³-hybridized carbons (Fsp3) is 0.429. The first kappa shape index (κ1) is 11.8. The fourth-order valence-electron chi connectivity index (χ4n) is 1.60. The molecule has 15 heavy (non-hydrogen) atoms. The van der Waals surface area contributed by atoms with Crippen LogP contribution in [-0.2, 0) is 5.41 Å². The van der Waals surface area contributed by atoms with Gasteiger partial charge in [0.15, 0.2) is 0 Å². The summed E-state index contributed by atoms with van der Waals surface area (Å²) in [5.74, 6) is 1.24. The molecule has 1 rings (SSSR count). The molecule has 0 heterocycles. The number of hydrogen-bond donors (Lipinski definition) is 0. The zero-order chi connectivity index (χ0) is 11.6. The molecule has 0 saturated heterocycles. The number of hydrogen-bond acceptors (Lipinski definition) is 1. The summed E-state index contributed by atoms with van der Waals surface area (Å²) in [6, 6.07) is 8.43. The van der Waals surface area contributed by atoms with Crippen molar-refractivity contribution in [3.05, 3.63) is 40.8 Å². The highest BCUT2D eigenvalue weighted by molar-refractivity contribution is 5.46. The Morgan fingerprint density at radius 3 is 2.20 bits per heavy atom. The Kier molecular flexibility index (Phi) is 3.19. The molecule has 0 saturated carbocycles. The summed E-state index contributed by atoms with van der Waals surface area (Å²) in [7, 11) is 0. The van der Waals surface area contributed by atoms with Gasteiger partial charge >= 0.3 is 0 Å². The summed E-state index contributed by atoms with van der Waals surface area (Å²) in [5, 5.41) is 9.13. The second-order valence-corrected chi connectivity index (χ2v) is 5.12. The minimum absolute atomic E-state index is 0.0330. The van der Waals surface area contributed by atoms with Gasteiger partial charge in [0.05, 0.1) is 11.6 Å². The van der Waals surface area contributed by atoms with E-state index in [1.807, 2.05) is 6.07 Å². The molecule has 0 N–H and O–H groups in total. The van der Waals surface area contributed by atoms with E-state index >= 15 is 0 Å². The van der Waals surface area contributed by atoms with E-state index in [0.29, 0.717) is 0 Å². The van der Waals surface area contributed by atoms with E-state index in [9.17, 15) is 0 Å². The fourth-order valence-corrected chi connectivity index (χ4v) is 1.60. The molecule has 0 amide bonds. The predicted octanol–water partition coefficient (Wildman–Crippen LogP) is 3.82. The van der Waals surface area contributed by atoms with E-state index in [1.54, 1.807) is 0 Å². The van der Waals surface area contributed by atoms with E-state index in [4.69, 9.17) is 5.26 Å². The summed E-state index contributed by atoms with van der Waals surface area (Å²) in [5.41, 5.74) is 3.10. The number of rotatable bonds is 1. The molecule has 1 aromatic rings. The molecule has 1 nitrogen and oxygen atoms in total. The van der Waals surface area contributed by atoms with Crippen LogP contribution in [0.25, 0.3) is 0 Å². The van der Waals surface area contributed by atoms with Gasteiger partial charge in [-0.25, -0.2) is 0 Å². The van der Waals surface area contributed by atoms with Crippen molar-refractivity contribution in [2.45, 2.75) is 40.0 Å². The van der Waals surface area contributed by atoms with Crippen molar-refractivity contribution < 1.29 is 0 Å². The van der Waals surface area contributed by atoms with E-state index in [1.165, 1.54) is 5.92 Å². The van der Waals surface area contributed by atoms with Crippen LogP contribution in [-0.4, -0.2) is 0 Å². The highest BCUT2D eigenvalue weighted by Crippen LogP contribution is 2.27. The van der Waals surface area contributed by atoms with Gasteiger partial charge in [0.2, 0.25) is 0 Å². The third kappa shape index (κ3) is 2.59. The standard InChI is InChI=1S/C14H18N/c1-10(2)11-6-7-13(14(3,4)5)12(8-11)9-15/h6-8H,1-5H3. The van der Waals surface area contributed by atoms with Crippen molar-refractivity contribution in [3.8, 4) is 6.07 Å². The van der Waals surface area contributed by atoms with Gasteiger partial charge in [-0.2, -0.15) is 5.26 Å². The quantitative estimate of drug-likeness (QED) is 0.676. The lowest BCUT2D eigenvalue weighted by Crippen LogP contribution is -2.13. The largest absolute Gasteiger partial charge is 0.192 e. The Hall–Kier alpha value is -1.29. The molecule has 0 fully saturated rings. The second kappa shape index (κ2) is 4.06. The van der Waals surface area contributed by atoms with Gasteiger partial charge in [-0.1, -0.05) is 46.8 Å². The van der Waals surface area contributed by atoms with Crippen LogP contribution in [0.1, 0.15) is 51.3 Å².